The summed E-state index contributed by atoms with van der Waals surface area (Å²) in [6, 6.07) is 0. The lowest BCUT2D eigenvalue weighted by Gasteiger charge is -2.11. The summed E-state index contributed by atoms with van der Waals surface area (Å²) in [7, 11) is 2.09. The minimum absolute atomic E-state index is 0.125. The van der Waals surface area contributed by atoms with Gasteiger partial charge in [0.15, 0.2) is 0 Å². The normalized spacial score (nSPS) is 27.9. The molecule has 0 radical (unpaired) electrons. The van der Waals surface area contributed by atoms with Crippen molar-refractivity contribution in [2.75, 3.05) is 20.1 Å². The molecule has 0 aromatic rings. The van der Waals surface area contributed by atoms with Crippen LogP contribution in [0.2, 0.25) is 0 Å². The summed E-state index contributed by atoms with van der Waals surface area (Å²) in [5, 5.41) is 0. The summed E-state index contributed by atoms with van der Waals surface area (Å²) in [6.45, 7) is 2.11. The largest absolute Gasteiger partial charge is 0.369 e. The van der Waals surface area contributed by atoms with E-state index < -0.39 is 0 Å². The molecule has 0 aromatic carbocycles. The Labute approximate surface area is 67.5 Å². The van der Waals surface area contributed by atoms with E-state index in [1.54, 1.807) is 0 Å². The van der Waals surface area contributed by atoms with Crippen LogP contribution in [0.5, 0.6) is 0 Å². The molecule has 1 rings (SSSR count). The lowest BCUT2D eigenvalue weighted by molar-refractivity contribution is -0.122. The van der Waals surface area contributed by atoms with E-state index in [0.717, 1.165) is 32.4 Å². The highest BCUT2D eigenvalue weighted by atomic mass is 16.1. The Morgan fingerprint density at radius 2 is 2.18 bits per heavy atom. The number of nitrogens with two attached hydrogens (primary N) is 1. The summed E-state index contributed by atoms with van der Waals surface area (Å²) < 4.78 is 0. The van der Waals surface area contributed by atoms with E-state index in [-0.39, 0.29) is 11.8 Å². The molecule has 0 bridgehead atoms. The highest BCUT2D eigenvalue weighted by Crippen LogP contribution is 2.15. The summed E-state index contributed by atoms with van der Waals surface area (Å²) in [4.78, 5) is 13.1. The second-order valence-electron chi connectivity index (χ2n) is 3.33. The Balaban J connectivity index is 2.40. The first-order valence-corrected chi connectivity index (χ1v) is 4.18. The van der Waals surface area contributed by atoms with Gasteiger partial charge in [0, 0.05) is 5.92 Å². The van der Waals surface area contributed by atoms with Crippen LogP contribution in [0.25, 0.3) is 0 Å². The van der Waals surface area contributed by atoms with Crippen LogP contribution in [0.15, 0.2) is 0 Å². The molecule has 1 aliphatic rings. The third kappa shape index (κ3) is 2.50. The fourth-order valence-electron chi connectivity index (χ4n) is 1.52. The highest BCUT2D eigenvalue weighted by molar-refractivity contribution is 5.76. The molecule has 1 heterocycles. The molecule has 1 unspecified atom stereocenters. The molecule has 11 heavy (non-hydrogen) atoms. The Kier molecular flexibility index (Phi) is 2.88. The van der Waals surface area contributed by atoms with Crippen molar-refractivity contribution in [1.29, 1.82) is 0 Å². The average molecular weight is 156 g/mol. The monoisotopic (exact) mass is 156 g/mol. The van der Waals surface area contributed by atoms with Gasteiger partial charge < -0.3 is 10.6 Å². The maximum Gasteiger partial charge on any atom is 0.220 e. The van der Waals surface area contributed by atoms with Crippen molar-refractivity contribution in [2.45, 2.75) is 19.3 Å². The van der Waals surface area contributed by atoms with Crippen LogP contribution in [-0.4, -0.2) is 30.9 Å². The van der Waals surface area contributed by atoms with Crippen molar-refractivity contribution in [3.63, 3.8) is 0 Å². The molecule has 3 nitrogen and oxygen atoms in total. The fourth-order valence-corrected chi connectivity index (χ4v) is 1.52. The van der Waals surface area contributed by atoms with Crippen molar-refractivity contribution in [1.82, 2.24) is 4.90 Å². The lowest BCUT2D eigenvalue weighted by Crippen LogP contribution is -2.24. The van der Waals surface area contributed by atoms with Crippen LogP contribution in [0.1, 0.15) is 19.3 Å². The first kappa shape index (κ1) is 8.53. The molecule has 1 amide bonds. The van der Waals surface area contributed by atoms with Crippen molar-refractivity contribution in [3.05, 3.63) is 0 Å². The van der Waals surface area contributed by atoms with Crippen LogP contribution in [0.3, 0.4) is 0 Å². The molecule has 1 aliphatic heterocycles. The molecule has 2 N–H and O–H groups in total. The SMILES string of the molecule is CN1CCCC(C(N)=O)CC1. The first-order chi connectivity index (χ1) is 5.20. The zero-order valence-corrected chi connectivity index (χ0v) is 7.05. The molecule has 3 heteroatoms. The molecule has 1 fully saturated rings. The smallest absolute Gasteiger partial charge is 0.220 e. The first-order valence-electron chi connectivity index (χ1n) is 4.18. The Bertz CT molecular complexity index is 147. The molecule has 0 aromatic heterocycles. The molecule has 0 aliphatic carbocycles. The van der Waals surface area contributed by atoms with E-state index in [1.165, 1.54) is 0 Å². The zero-order chi connectivity index (χ0) is 8.27. The van der Waals surface area contributed by atoms with Crippen LogP contribution in [0.4, 0.5) is 0 Å². The van der Waals surface area contributed by atoms with E-state index in [4.69, 9.17) is 5.73 Å². The predicted molar refractivity (Wildman–Crippen MR) is 44.0 cm³/mol. The quantitative estimate of drug-likeness (QED) is 0.589. The number of primary amides is 1. The van der Waals surface area contributed by atoms with Gasteiger partial charge in [-0.05, 0) is 39.4 Å². The van der Waals surface area contributed by atoms with Crippen LogP contribution >= 0.6 is 0 Å². The molecular weight excluding hydrogens is 140 g/mol. The van der Waals surface area contributed by atoms with Crippen LogP contribution in [-0.2, 0) is 4.79 Å². The third-order valence-electron chi connectivity index (χ3n) is 2.35. The van der Waals surface area contributed by atoms with E-state index >= 15 is 0 Å². The second kappa shape index (κ2) is 3.72. The van der Waals surface area contributed by atoms with Gasteiger partial charge >= 0.3 is 0 Å². The van der Waals surface area contributed by atoms with Gasteiger partial charge in [-0.15, -0.1) is 0 Å². The van der Waals surface area contributed by atoms with Crippen molar-refractivity contribution < 1.29 is 4.79 Å². The summed E-state index contributed by atoms with van der Waals surface area (Å²) in [5.74, 6) is 0.000231. The predicted octanol–water partition coefficient (Wildman–Crippen LogP) is 0.204. The van der Waals surface area contributed by atoms with Gasteiger partial charge in [0.05, 0.1) is 0 Å². The maximum absolute atomic E-state index is 10.8. The summed E-state index contributed by atoms with van der Waals surface area (Å²) >= 11 is 0. The number of carbonyl (C=O) groups is 1. The van der Waals surface area contributed by atoms with Crippen molar-refractivity contribution >= 4 is 5.91 Å². The van der Waals surface area contributed by atoms with Gasteiger partial charge in [0.2, 0.25) is 5.91 Å². The van der Waals surface area contributed by atoms with Crippen molar-refractivity contribution in [2.24, 2.45) is 11.7 Å². The van der Waals surface area contributed by atoms with E-state index in [0.29, 0.717) is 0 Å². The second-order valence-corrected chi connectivity index (χ2v) is 3.33. The lowest BCUT2D eigenvalue weighted by atomic mass is 10.0. The van der Waals surface area contributed by atoms with Gasteiger partial charge in [0.25, 0.3) is 0 Å². The Morgan fingerprint density at radius 1 is 1.45 bits per heavy atom. The maximum atomic E-state index is 10.8. The third-order valence-corrected chi connectivity index (χ3v) is 2.35. The number of hydrogen-bond acceptors (Lipinski definition) is 2. The minimum atomic E-state index is -0.125. The average Bonchev–Trinajstić information content (AvgIpc) is 2.13. The Morgan fingerprint density at radius 3 is 2.82 bits per heavy atom. The molecule has 1 saturated heterocycles. The number of hydrogen-bond donors (Lipinski definition) is 1. The Hall–Kier alpha value is -0.570. The zero-order valence-electron chi connectivity index (χ0n) is 7.05. The van der Waals surface area contributed by atoms with Crippen molar-refractivity contribution in [3.8, 4) is 0 Å². The standard InChI is InChI=1S/C8H16N2O/c1-10-5-2-3-7(4-6-10)8(9)11/h7H,2-6H2,1H3,(H2,9,11). The highest BCUT2D eigenvalue weighted by Gasteiger charge is 2.18. The number of amides is 1. The van der Waals surface area contributed by atoms with Crippen LogP contribution in [0, 0.1) is 5.92 Å². The molecule has 1 atom stereocenters. The molecule has 64 valence electrons. The number of carbonyl (C=O) groups excluding carboxylic acids is 1. The minimum Gasteiger partial charge on any atom is -0.369 e. The number of likely N-dealkylation sites (tertiary alicyclic amines) is 1. The van der Waals surface area contributed by atoms with Gasteiger partial charge in [-0.2, -0.15) is 0 Å². The summed E-state index contributed by atoms with van der Waals surface area (Å²) in [5.41, 5.74) is 5.22. The van der Waals surface area contributed by atoms with Gasteiger partial charge in [-0.1, -0.05) is 0 Å². The van der Waals surface area contributed by atoms with E-state index in [1.807, 2.05) is 0 Å². The molecular formula is C8H16N2O. The molecule has 0 saturated carbocycles. The van der Waals surface area contributed by atoms with Gasteiger partial charge in [-0.3, -0.25) is 4.79 Å². The topological polar surface area (TPSA) is 46.3 Å². The van der Waals surface area contributed by atoms with E-state index in [2.05, 4.69) is 11.9 Å². The van der Waals surface area contributed by atoms with Crippen LogP contribution < -0.4 is 5.73 Å². The summed E-state index contributed by atoms with van der Waals surface area (Å²) in [6.07, 6.45) is 3.01. The van der Waals surface area contributed by atoms with Gasteiger partial charge in [-0.25, -0.2) is 0 Å². The molecule has 0 spiro atoms. The number of rotatable bonds is 1. The fraction of sp³-hybridized carbons (Fsp3) is 0.875. The van der Waals surface area contributed by atoms with Gasteiger partial charge in [0.1, 0.15) is 0 Å². The van der Waals surface area contributed by atoms with E-state index in [9.17, 15) is 4.79 Å². The number of nitrogens with zero attached hydrogens (tertiary/aromatic N) is 1.